The van der Waals surface area contributed by atoms with Crippen molar-refractivity contribution in [1.82, 2.24) is 9.88 Å². The molecule has 0 unspecified atom stereocenters. The van der Waals surface area contributed by atoms with Crippen LogP contribution in [0.3, 0.4) is 0 Å². The van der Waals surface area contributed by atoms with E-state index in [1.54, 1.807) is 12.1 Å². The molecule has 176 valence electrons. The Morgan fingerprint density at radius 2 is 1.88 bits per heavy atom. The molecule has 33 heavy (non-hydrogen) atoms. The standard InChI is InChI=1S/C22H22F3N3O4S/c23-22(24,25)32-17-6-7-18-19(14-17)33-21(26-18)28(9-8-27-10-12-30-13-11-27)20(29)15-31-16-4-2-1-3-5-16/h1-7,14H,8-13,15H2. The van der Waals surface area contributed by atoms with Crippen molar-refractivity contribution in [2.45, 2.75) is 6.36 Å². The second kappa shape index (κ2) is 10.4. The molecule has 11 heteroatoms. The Bertz CT molecular complexity index is 1070. The average Bonchev–Trinajstić information content (AvgIpc) is 3.21. The van der Waals surface area contributed by atoms with Crippen LogP contribution in [0.1, 0.15) is 0 Å². The predicted octanol–water partition coefficient (Wildman–Crippen LogP) is 3.94. The number of aromatic nitrogens is 1. The monoisotopic (exact) mass is 481 g/mol. The highest BCUT2D eigenvalue weighted by Crippen LogP contribution is 2.33. The lowest BCUT2D eigenvalue weighted by Crippen LogP contribution is -2.44. The van der Waals surface area contributed by atoms with Crippen LogP contribution in [0.4, 0.5) is 18.3 Å². The van der Waals surface area contributed by atoms with E-state index < -0.39 is 6.36 Å². The third-order valence-electron chi connectivity index (χ3n) is 4.96. The molecule has 1 aromatic heterocycles. The van der Waals surface area contributed by atoms with Crippen LogP contribution in [0.15, 0.2) is 48.5 Å². The predicted molar refractivity (Wildman–Crippen MR) is 118 cm³/mol. The summed E-state index contributed by atoms with van der Waals surface area (Å²) in [6.45, 7) is 3.58. The number of benzene rings is 2. The number of para-hydroxylation sites is 1. The van der Waals surface area contributed by atoms with E-state index >= 15 is 0 Å². The summed E-state index contributed by atoms with van der Waals surface area (Å²) in [6, 6.07) is 12.9. The first-order chi connectivity index (χ1) is 15.9. The van der Waals surface area contributed by atoms with Crippen LogP contribution in [0.5, 0.6) is 11.5 Å². The Labute approximate surface area is 192 Å². The van der Waals surface area contributed by atoms with Gasteiger partial charge in [0.05, 0.1) is 23.4 Å². The zero-order valence-corrected chi connectivity index (χ0v) is 18.4. The molecule has 4 rings (SSSR count). The number of morpholine rings is 1. The molecule has 1 amide bonds. The fourth-order valence-corrected chi connectivity index (χ4v) is 4.38. The largest absolute Gasteiger partial charge is 0.573 e. The zero-order chi connectivity index (χ0) is 23.3. The van der Waals surface area contributed by atoms with Gasteiger partial charge in [-0.05, 0) is 24.3 Å². The van der Waals surface area contributed by atoms with E-state index in [1.165, 1.54) is 23.1 Å². The number of hydrogen-bond donors (Lipinski definition) is 0. The molecule has 0 saturated carbocycles. The number of alkyl halides is 3. The van der Waals surface area contributed by atoms with Gasteiger partial charge >= 0.3 is 6.36 Å². The van der Waals surface area contributed by atoms with E-state index in [1.807, 2.05) is 18.2 Å². The van der Waals surface area contributed by atoms with Crippen molar-refractivity contribution in [2.75, 3.05) is 50.9 Å². The number of thiazole rings is 1. The van der Waals surface area contributed by atoms with Crippen molar-refractivity contribution in [2.24, 2.45) is 0 Å². The first-order valence-corrected chi connectivity index (χ1v) is 11.1. The van der Waals surface area contributed by atoms with Gasteiger partial charge in [-0.3, -0.25) is 14.6 Å². The number of anilines is 1. The number of rotatable bonds is 8. The van der Waals surface area contributed by atoms with Crippen molar-refractivity contribution in [3.05, 3.63) is 48.5 Å². The molecule has 1 aliphatic heterocycles. The lowest BCUT2D eigenvalue weighted by atomic mass is 10.3. The molecule has 7 nitrogen and oxygen atoms in total. The van der Waals surface area contributed by atoms with Crippen LogP contribution in [-0.4, -0.2) is 68.2 Å². The third kappa shape index (κ3) is 6.56. The molecule has 1 saturated heterocycles. The SMILES string of the molecule is O=C(COc1ccccc1)N(CCN1CCOCC1)c1nc2ccc(OC(F)(F)F)cc2s1. The van der Waals surface area contributed by atoms with Crippen LogP contribution >= 0.6 is 11.3 Å². The fraction of sp³-hybridized carbons (Fsp3) is 0.364. The number of carbonyl (C=O) groups excluding carboxylic acids is 1. The highest BCUT2D eigenvalue weighted by atomic mass is 32.1. The van der Waals surface area contributed by atoms with Gasteiger partial charge in [0.15, 0.2) is 11.7 Å². The minimum absolute atomic E-state index is 0.189. The molecule has 1 fully saturated rings. The van der Waals surface area contributed by atoms with E-state index in [2.05, 4.69) is 14.6 Å². The molecular formula is C22H22F3N3O4S. The maximum atomic E-state index is 13.1. The number of halogens is 3. The van der Waals surface area contributed by atoms with Gasteiger partial charge in [-0.1, -0.05) is 29.5 Å². The molecule has 0 radical (unpaired) electrons. The molecule has 2 heterocycles. The lowest BCUT2D eigenvalue weighted by molar-refractivity contribution is -0.274. The van der Waals surface area contributed by atoms with Gasteiger partial charge < -0.3 is 14.2 Å². The highest BCUT2D eigenvalue weighted by Gasteiger charge is 2.31. The first kappa shape index (κ1) is 23.3. The van der Waals surface area contributed by atoms with Crippen molar-refractivity contribution in [1.29, 1.82) is 0 Å². The smallest absolute Gasteiger partial charge is 0.484 e. The summed E-state index contributed by atoms with van der Waals surface area (Å²) in [6.07, 6.45) is -4.78. The van der Waals surface area contributed by atoms with Gasteiger partial charge in [0.1, 0.15) is 11.5 Å². The quantitative estimate of drug-likeness (QED) is 0.486. The Balaban J connectivity index is 1.52. The number of nitrogens with zero attached hydrogens (tertiary/aromatic N) is 3. The second-order valence-electron chi connectivity index (χ2n) is 7.27. The molecular weight excluding hydrogens is 459 g/mol. The minimum Gasteiger partial charge on any atom is -0.484 e. The number of amides is 1. The molecule has 0 aliphatic carbocycles. The molecule has 0 bridgehead atoms. The van der Waals surface area contributed by atoms with Crippen molar-refractivity contribution >= 4 is 32.6 Å². The van der Waals surface area contributed by atoms with Gasteiger partial charge in [0.25, 0.3) is 5.91 Å². The number of fused-ring (bicyclic) bond motifs is 1. The summed E-state index contributed by atoms with van der Waals surface area (Å²) in [5.41, 5.74) is 0.484. The van der Waals surface area contributed by atoms with Gasteiger partial charge in [0, 0.05) is 32.2 Å². The van der Waals surface area contributed by atoms with E-state index in [-0.39, 0.29) is 18.3 Å². The third-order valence-corrected chi connectivity index (χ3v) is 6.00. The minimum atomic E-state index is -4.78. The number of carbonyl (C=O) groups is 1. The van der Waals surface area contributed by atoms with Crippen LogP contribution in [-0.2, 0) is 9.53 Å². The lowest BCUT2D eigenvalue weighted by Gasteiger charge is -2.29. The van der Waals surface area contributed by atoms with Crippen molar-refractivity contribution in [3.63, 3.8) is 0 Å². The van der Waals surface area contributed by atoms with E-state index in [4.69, 9.17) is 9.47 Å². The van der Waals surface area contributed by atoms with Gasteiger partial charge in [0.2, 0.25) is 0 Å². The van der Waals surface area contributed by atoms with E-state index in [9.17, 15) is 18.0 Å². The summed E-state index contributed by atoms with van der Waals surface area (Å²) < 4.78 is 53.2. The molecule has 2 aromatic carbocycles. The average molecular weight is 481 g/mol. The van der Waals surface area contributed by atoms with Crippen LogP contribution in [0.25, 0.3) is 10.2 Å². The van der Waals surface area contributed by atoms with E-state index in [0.717, 1.165) is 24.4 Å². The van der Waals surface area contributed by atoms with E-state index in [0.29, 0.717) is 47.4 Å². The van der Waals surface area contributed by atoms with Crippen molar-refractivity contribution in [3.8, 4) is 11.5 Å². The second-order valence-corrected chi connectivity index (χ2v) is 8.28. The van der Waals surface area contributed by atoms with Crippen LogP contribution in [0, 0.1) is 0 Å². The summed E-state index contributed by atoms with van der Waals surface area (Å²) >= 11 is 1.13. The number of ether oxygens (including phenoxy) is 3. The molecule has 0 atom stereocenters. The highest BCUT2D eigenvalue weighted by molar-refractivity contribution is 7.22. The van der Waals surface area contributed by atoms with Crippen LogP contribution in [0.2, 0.25) is 0 Å². The maximum Gasteiger partial charge on any atom is 0.573 e. The summed E-state index contributed by atoms with van der Waals surface area (Å²) in [7, 11) is 0. The molecule has 0 spiro atoms. The molecule has 1 aliphatic rings. The number of hydrogen-bond acceptors (Lipinski definition) is 7. The molecule has 0 N–H and O–H groups in total. The van der Waals surface area contributed by atoms with Gasteiger partial charge in [-0.15, -0.1) is 13.2 Å². The maximum absolute atomic E-state index is 13.1. The van der Waals surface area contributed by atoms with Gasteiger partial charge in [-0.2, -0.15) is 0 Å². The van der Waals surface area contributed by atoms with Crippen molar-refractivity contribution < 1.29 is 32.2 Å². The Kier molecular flexibility index (Phi) is 7.31. The fourth-order valence-electron chi connectivity index (χ4n) is 3.34. The summed E-state index contributed by atoms with van der Waals surface area (Å²) in [5.74, 6) is -0.0565. The van der Waals surface area contributed by atoms with Crippen LogP contribution < -0.4 is 14.4 Å². The summed E-state index contributed by atoms with van der Waals surface area (Å²) in [4.78, 5) is 21.3. The Hall–Kier alpha value is -2.89. The Morgan fingerprint density at radius 1 is 1.12 bits per heavy atom. The first-order valence-electron chi connectivity index (χ1n) is 10.3. The zero-order valence-electron chi connectivity index (χ0n) is 17.6. The van der Waals surface area contributed by atoms with Gasteiger partial charge in [-0.25, -0.2) is 4.98 Å². The Morgan fingerprint density at radius 3 is 2.61 bits per heavy atom. The summed E-state index contributed by atoms with van der Waals surface area (Å²) in [5, 5.41) is 0.393. The topological polar surface area (TPSA) is 64.1 Å². The molecule has 3 aromatic rings. The normalized spacial score (nSPS) is 14.9.